The molecule has 108 valence electrons. The first kappa shape index (κ1) is 15.5. The van der Waals surface area contributed by atoms with E-state index in [9.17, 15) is 0 Å². The van der Waals surface area contributed by atoms with Gasteiger partial charge in [0, 0.05) is 0 Å². The highest BCUT2D eigenvalue weighted by Crippen LogP contribution is 2.53. The molecule has 2 rings (SSSR count). The van der Waals surface area contributed by atoms with Gasteiger partial charge < -0.3 is 0 Å². The Kier molecular flexibility index (Phi) is 5.07. The van der Waals surface area contributed by atoms with Gasteiger partial charge in [-0.25, -0.2) is 0 Å². The monoisotopic (exact) mass is 260 g/mol. The first-order valence-corrected chi connectivity index (χ1v) is 8.71. The fraction of sp³-hybridized carbons (Fsp3) is 1.00. The summed E-state index contributed by atoms with van der Waals surface area (Å²) in [6, 6.07) is 0. The average molecular weight is 260 g/mol. The molecule has 2 fully saturated rings. The van der Waals surface area contributed by atoms with Crippen LogP contribution in [0.4, 0.5) is 0 Å². The fourth-order valence-electron chi connectivity index (χ4n) is 4.46. The molecule has 2 saturated carbocycles. The molecule has 0 saturated heterocycles. The van der Waals surface area contributed by atoms with Gasteiger partial charge in [0.2, 0.25) is 0 Å². The van der Waals surface area contributed by atoms with Crippen LogP contribution < -0.4 is 0 Å². The SMILES string of the molecule is [B]C1(C(C)(C)C)CCCC(C2CCCCC2)CCC1. The second kappa shape index (κ2) is 6.23. The van der Waals surface area contributed by atoms with Crippen LogP contribution in [0.15, 0.2) is 0 Å². The average Bonchev–Trinajstić information content (AvgIpc) is 2.33. The third-order valence-electron chi connectivity index (χ3n) is 6.21. The van der Waals surface area contributed by atoms with Gasteiger partial charge in [-0.15, -0.1) is 0 Å². The molecule has 2 radical (unpaired) electrons. The Labute approximate surface area is 122 Å². The summed E-state index contributed by atoms with van der Waals surface area (Å²) in [7, 11) is 6.73. The standard InChI is InChI=1S/C18H33B/c1-17(2,3)18(19)13-7-11-16(12-8-14-18)15-9-5-4-6-10-15/h15-16H,4-14H2,1-3H3. The summed E-state index contributed by atoms with van der Waals surface area (Å²) in [5, 5.41) is 0.0739. The lowest BCUT2D eigenvalue weighted by Gasteiger charge is -2.45. The predicted octanol–water partition coefficient (Wildman–Crippen LogP) is 5.91. The molecule has 0 spiro atoms. The zero-order chi connectivity index (χ0) is 13.9. The Morgan fingerprint density at radius 3 is 1.58 bits per heavy atom. The third-order valence-corrected chi connectivity index (χ3v) is 6.21. The molecule has 2 aliphatic rings. The van der Waals surface area contributed by atoms with Crippen LogP contribution in [0.3, 0.4) is 0 Å². The molecule has 0 amide bonds. The predicted molar refractivity (Wildman–Crippen MR) is 85.7 cm³/mol. The maximum Gasteiger partial charge on any atom is 0.0753 e. The molecule has 19 heavy (non-hydrogen) atoms. The van der Waals surface area contributed by atoms with Crippen molar-refractivity contribution in [3.05, 3.63) is 0 Å². The van der Waals surface area contributed by atoms with Crippen molar-refractivity contribution in [1.29, 1.82) is 0 Å². The largest absolute Gasteiger partial charge is 0.0753 e. The molecule has 0 nitrogen and oxygen atoms in total. The highest BCUT2D eigenvalue weighted by Gasteiger charge is 2.37. The van der Waals surface area contributed by atoms with Crippen LogP contribution in [0, 0.1) is 17.3 Å². The van der Waals surface area contributed by atoms with Crippen molar-refractivity contribution < 1.29 is 0 Å². The summed E-state index contributed by atoms with van der Waals surface area (Å²) < 4.78 is 0. The summed E-state index contributed by atoms with van der Waals surface area (Å²) in [5.41, 5.74) is 0.255. The van der Waals surface area contributed by atoms with Gasteiger partial charge in [-0.3, -0.25) is 0 Å². The fourth-order valence-corrected chi connectivity index (χ4v) is 4.46. The summed E-state index contributed by atoms with van der Waals surface area (Å²) in [6.07, 6.45) is 15.6. The molecule has 0 bridgehead atoms. The molecule has 0 aromatic rings. The number of hydrogen-bond donors (Lipinski definition) is 0. The zero-order valence-corrected chi connectivity index (χ0v) is 13.5. The highest BCUT2D eigenvalue weighted by molar-refractivity contribution is 6.15. The van der Waals surface area contributed by atoms with Gasteiger partial charge in [0.15, 0.2) is 0 Å². The Bertz CT molecular complexity index is 260. The summed E-state index contributed by atoms with van der Waals surface area (Å²) >= 11 is 0. The van der Waals surface area contributed by atoms with Crippen molar-refractivity contribution in [2.75, 3.05) is 0 Å². The molecular weight excluding hydrogens is 227 g/mol. The Balaban J connectivity index is 1.89. The minimum atomic E-state index is 0.0739. The van der Waals surface area contributed by atoms with E-state index in [1.165, 1.54) is 70.6 Å². The van der Waals surface area contributed by atoms with E-state index in [1.807, 2.05) is 0 Å². The van der Waals surface area contributed by atoms with E-state index in [0.29, 0.717) is 0 Å². The van der Waals surface area contributed by atoms with Crippen LogP contribution in [-0.2, 0) is 0 Å². The van der Waals surface area contributed by atoms with Gasteiger partial charge in [0.05, 0.1) is 7.85 Å². The van der Waals surface area contributed by atoms with Crippen molar-refractivity contribution in [2.24, 2.45) is 17.3 Å². The first-order chi connectivity index (χ1) is 8.92. The number of rotatable bonds is 1. The van der Waals surface area contributed by atoms with Gasteiger partial charge in [0.25, 0.3) is 0 Å². The molecule has 0 aromatic heterocycles. The molecular formula is C18H33B. The first-order valence-electron chi connectivity index (χ1n) is 8.71. The molecule has 0 unspecified atom stereocenters. The molecule has 0 heterocycles. The Hall–Kier alpha value is 0.0649. The quantitative estimate of drug-likeness (QED) is 0.514. The van der Waals surface area contributed by atoms with Crippen LogP contribution in [0.5, 0.6) is 0 Å². The maximum absolute atomic E-state index is 6.73. The van der Waals surface area contributed by atoms with E-state index in [1.54, 1.807) is 0 Å². The van der Waals surface area contributed by atoms with E-state index in [0.717, 1.165) is 11.8 Å². The summed E-state index contributed by atoms with van der Waals surface area (Å²) in [4.78, 5) is 0. The van der Waals surface area contributed by atoms with Crippen molar-refractivity contribution in [2.45, 2.75) is 96.7 Å². The third kappa shape index (κ3) is 3.79. The second-order valence-corrected chi connectivity index (χ2v) is 8.35. The zero-order valence-electron chi connectivity index (χ0n) is 13.5. The second-order valence-electron chi connectivity index (χ2n) is 8.35. The topological polar surface area (TPSA) is 0 Å². The van der Waals surface area contributed by atoms with Gasteiger partial charge in [-0.2, -0.15) is 0 Å². The van der Waals surface area contributed by atoms with E-state index in [-0.39, 0.29) is 10.7 Å². The van der Waals surface area contributed by atoms with E-state index < -0.39 is 0 Å². The van der Waals surface area contributed by atoms with E-state index in [2.05, 4.69) is 20.8 Å². The smallest absolute Gasteiger partial charge is 0.0613 e. The van der Waals surface area contributed by atoms with E-state index >= 15 is 0 Å². The minimum absolute atomic E-state index is 0.0739. The van der Waals surface area contributed by atoms with Crippen molar-refractivity contribution >= 4 is 7.85 Å². The lowest BCUT2D eigenvalue weighted by Crippen LogP contribution is -2.31. The van der Waals surface area contributed by atoms with Crippen molar-refractivity contribution in [1.82, 2.24) is 0 Å². The summed E-state index contributed by atoms with van der Waals surface area (Å²) in [5.74, 6) is 2.07. The molecule has 0 N–H and O–H groups in total. The highest BCUT2D eigenvalue weighted by atomic mass is 14.4. The molecule has 1 heteroatoms. The van der Waals surface area contributed by atoms with Crippen molar-refractivity contribution in [3.8, 4) is 0 Å². The van der Waals surface area contributed by atoms with Crippen LogP contribution in [0.2, 0.25) is 5.31 Å². The number of hydrogen-bond acceptors (Lipinski definition) is 0. The van der Waals surface area contributed by atoms with Crippen LogP contribution >= 0.6 is 0 Å². The molecule has 0 aromatic carbocycles. The lowest BCUT2D eigenvalue weighted by molar-refractivity contribution is 0.162. The minimum Gasteiger partial charge on any atom is -0.0613 e. The normalized spacial score (nSPS) is 35.6. The van der Waals surface area contributed by atoms with Gasteiger partial charge in [0.1, 0.15) is 0 Å². The van der Waals surface area contributed by atoms with Gasteiger partial charge >= 0.3 is 0 Å². The maximum atomic E-state index is 6.73. The summed E-state index contributed by atoms with van der Waals surface area (Å²) in [6.45, 7) is 6.98. The van der Waals surface area contributed by atoms with Gasteiger partial charge in [-0.1, -0.05) is 96.7 Å². The van der Waals surface area contributed by atoms with Crippen LogP contribution in [0.25, 0.3) is 0 Å². The lowest BCUT2D eigenvalue weighted by atomic mass is 9.49. The Morgan fingerprint density at radius 1 is 0.737 bits per heavy atom. The Morgan fingerprint density at radius 2 is 1.16 bits per heavy atom. The molecule has 0 aliphatic heterocycles. The molecule has 2 aliphatic carbocycles. The molecule has 0 atom stereocenters. The van der Waals surface area contributed by atoms with Gasteiger partial charge in [-0.05, 0) is 17.3 Å². The van der Waals surface area contributed by atoms with Crippen LogP contribution in [-0.4, -0.2) is 7.85 Å². The van der Waals surface area contributed by atoms with E-state index in [4.69, 9.17) is 7.85 Å². The van der Waals surface area contributed by atoms with Crippen molar-refractivity contribution in [3.63, 3.8) is 0 Å². The van der Waals surface area contributed by atoms with Crippen LogP contribution in [0.1, 0.15) is 91.4 Å².